The van der Waals surface area contributed by atoms with Gasteiger partial charge in [0.25, 0.3) is 0 Å². The molecule has 0 amide bonds. The van der Waals surface area contributed by atoms with Gasteiger partial charge in [-0.05, 0) is 45.4 Å². The Labute approximate surface area is 170 Å². The van der Waals surface area contributed by atoms with Crippen LogP contribution in [0.15, 0.2) is 24.3 Å². The Balaban J connectivity index is 2.41. The fourth-order valence-electron chi connectivity index (χ4n) is 3.72. The molecule has 1 aliphatic carbocycles. The van der Waals surface area contributed by atoms with E-state index < -0.39 is 18.3 Å². The molecule has 162 valence electrons. The monoisotopic (exact) mass is 396 g/mol. The first-order chi connectivity index (χ1) is 13.3. The van der Waals surface area contributed by atoms with Crippen LogP contribution in [0.1, 0.15) is 78.6 Å². The van der Waals surface area contributed by atoms with Crippen molar-refractivity contribution in [2.24, 2.45) is 11.8 Å². The van der Waals surface area contributed by atoms with E-state index in [0.717, 1.165) is 38.5 Å². The van der Waals surface area contributed by atoms with Crippen LogP contribution in [0.4, 0.5) is 0 Å². The topological polar surface area (TPSA) is 87.0 Å². The maximum Gasteiger partial charge on any atom is 0.306 e. The van der Waals surface area contributed by atoms with Crippen molar-refractivity contribution in [2.75, 3.05) is 0 Å². The van der Waals surface area contributed by atoms with Gasteiger partial charge in [0.05, 0.1) is 24.4 Å². The SMILES string of the molecule is CCCCCC(O)/C=C/C1C(O)CC(O)C1C/C=C/CCCC(=O)OC(C)C. The van der Waals surface area contributed by atoms with Gasteiger partial charge in [-0.2, -0.15) is 0 Å². The van der Waals surface area contributed by atoms with Crippen molar-refractivity contribution in [1.82, 2.24) is 0 Å². The molecule has 1 aliphatic rings. The predicted octanol–water partition coefficient (Wildman–Crippen LogP) is 3.91. The van der Waals surface area contributed by atoms with Gasteiger partial charge in [0.2, 0.25) is 0 Å². The van der Waals surface area contributed by atoms with Gasteiger partial charge in [0.1, 0.15) is 0 Å². The quantitative estimate of drug-likeness (QED) is 0.250. The Bertz CT molecular complexity index is 485. The second kappa shape index (κ2) is 13.9. The molecule has 1 fully saturated rings. The molecule has 5 nitrogen and oxygen atoms in total. The highest BCUT2D eigenvalue weighted by atomic mass is 16.5. The lowest BCUT2D eigenvalue weighted by Gasteiger charge is -2.19. The third-order valence-electron chi connectivity index (χ3n) is 5.27. The number of unbranched alkanes of at least 4 members (excludes halogenated alkanes) is 3. The van der Waals surface area contributed by atoms with E-state index in [-0.39, 0.29) is 23.9 Å². The van der Waals surface area contributed by atoms with Crippen molar-refractivity contribution >= 4 is 5.97 Å². The molecule has 0 spiro atoms. The molecule has 0 bridgehead atoms. The van der Waals surface area contributed by atoms with Crippen LogP contribution in [0.2, 0.25) is 0 Å². The van der Waals surface area contributed by atoms with E-state index in [4.69, 9.17) is 4.74 Å². The lowest BCUT2D eigenvalue weighted by Crippen LogP contribution is -2.20. The van der Waals surface area contributed by atoms with Gasteiger partial charge in [0, 0.05) is 18.8 Å². The second-order valence-electron chi connectivity index (χ2n) is 8.20. The minimum Gasteiger partial charge on any atom is -0.463 e. The number of ether oxygens (including phenoxy) is 1. The van der Waals surface area contributed by atoms with Gasteiger partial charge in [0.15, 0.2) is 0 Å². The van der Waals surface area contributed by atoms with Crippen LogP contribution in [0.5, 0.6) is 0 Å². The van der Waals surface area contributed by atoms with Crippen LogP contribution in [0, 0.1) is 11.8 Å². The minimum atomic E-state index is -0.571. The highest BCUT2D eigenvalue weighted by Gasteiger charge is 2.39. The van der Waals surface area contributed by atoms with Gasteiger partial charge in [-0.3, -0.25) is 4.79 Å². The number of hydrogen-bond donors (Lipinski definition) is 3. The number of aliphatic hydroxyl groups is 3. The zero-order chi connectivity index (χ0) is 20.9. The van der Waals surface area contributed by atoms with Crippen LogP contribution in [-0.2, 0) is 9.53 Å². The molecule has 5 unspecified atom stereocenters. The predicted molar refractivity (Wildman–Crippen MR) is 112 cm³/mol. The molecule has 0 heterocycles. The van der Waals surface area contributed by atoms with Crippen molar-refractivity contribution < 1.29 is 24.9 Å². The lowest BCUT2D eigenvalue weighted by atomic mass is 9.89. The van der Waals surface area contributed by atoms with E-state index in [0.29, 0.717) is 19.3 Å². The fraction of sp³-hybridized carbons (Fsp3) is 0.783. The fourth-order valence-corrected chi connectivity index (χ4v) is 3.72. The summed E-state index contributed by atoms with van der Waals surface area (Å²) in [4.78, 5) is 11.5. The Morgan fingerprint density at radius 3 is 2.57 bits per heavy atom. The summed E-state index contributed by atoms with van der Waals surface area (Å²) >= 11 is 0. The first-order valence-electron chi connectivity index (χ1n) is 10.9. The number of allylic oxidation sites excluding steroid dienone is 2. The van der Waals surface area contributed by atoms with Crippen LogP contribution in [0.25, 0.3) is 0 Å². The standard InChI is InChI=1S/C23H40O5/c1-4-5-8-11-18(24)14-15-20-19(21(25)16-22(20)26)12-9-6-7-10-13-23(27)28-17(2)3/h6,9,14-15,17-22,24-26H,4-5,7-8,10-13,16H2,1-3H3/b9-6+,15-14+. The lowest BCUT2D eigenvalue weighted by molar-refractivity contribution is -0.147. The third-order valence-corrected chi connectivity index (χ3v) is 5.27. The van der Waals surface area contributed by atoms with Gasteiger partial charge < -0.3 is 20.1 Å². The summed E-state index contributed by atoms with van der Waals surface area (Å²) in [5, 5.41) is 30.6. The number of rotatable bonds is 13. The Kier molecular flexibility index (Phi) is 12.4. The molecule has 0 aromatic heterocycles. The smallest absolute Gasteiger partial charge is 0.306 e. The molecule has 1 saturated carbocycles. The molecule has 0 radical (unpaired) electrons. The van der Waals surface area contributed by atoms with Crippen LogP contribution in [0.3, 0.4) is 0 Å². The van der Waals surface area contributed by atoms with Crippen LogP contribution < -0.4 is 0 Å². The van der Waals surface area contributed by atoms with Crippen molar-refractivity contribution in [3.8, 4) is 0 Å². The highest BCUT2D eigenvalue weighted by Crippen LogP contribution is 2.36. The molecule has 3 N–H and O–H groups in total. The normalized spacial score (nSPS) is 26.5. The van der Waals surface area contributed by atoms with Gasteiger partial charge in [-0.1, -0.05) is 50.5 Å². The zero-order valence-corrected chi connectivity index (χ0v) is 17.8. The molecule has 0 aromatic carbocycles. The molecule has 0 saturated heterocycles. The summed E-state index contributed by atoms with van der Waals surface area (Å²) in [6.07, 6.45) is 13.0. The first-order valence-corrected chi connectivity index (χ1v) is 10.9. The largest absolute Gasteiger partial charge is 0.463 e. The van der Waals surface area contributed by atoms with Crippen molar-refractivity contribution in [3.05, 3.63) is 24.3 Å². The van der Waals surface area contributed by atoms with E-state index >= 15 is 0 Å². The van der Waals surface area contributed by atoms with Crippen LogP contribution in [-0.4, -0.2) is 45.7 Å². The number of hydrogen-bond acceptors (Lipinski definition) is 5. The van der Waals surface area contributed by atoms with Crippen molar-refractivity contribution in [1.29, 1.82) is 0 Å². The van der Waals surface area contributed by atoms with E-state index in [1.165, 1.54) is 0 Å². The number of carbonyl (C=O) groups is 1. The van der Waals surface area contributed by atoms with E-state index in [2.05, 4.69) is 6.92 Å². The number of aliphatic hydroxyl groups excluding tert-OH is 3. The molecule has 0 aliphatic heterocycles. The summed E-state index contributed by atoms with van der Waals surface area (Å²) in [5.74, 6) is -0.349. The van der Waals surface area contributed by atoms with Gasteiger partial charge >= 0.3 is 5.97 Å². The van der Waals surface area contributed by atoms with Gasteiger partial charge in [-0.25, -0.2) is 0 Å². The average Bonchev–Trinajstić information content (AvgIpc) is 2.88. The summed E-state index contributed by atoms with van der Waals surface area (Å²) in [7, 11) is 0. The second-order valence-corrected chi connectivity index (χ2v) is 8.20. The van der Waals surface area contributed by atoms with Crippen LogP contribution >= 0.6 is 0 Å². The molecule has 0 aromatic rings. The molecule has 28 heavy (non-hydrogen) atoms. The summed E-state index contributed by atoms with van der Waals surface area (Å²) in [6.45, 7) is 5.82. The van der Waals surface area contributed by atoms with Gasteiger partial charge in [-0.15, -0.1) is 0 Å². The number of esters is 1. The summed E-state index contributed by atoms with van der Waals surface area (Å²) < 4.78 is 5.10. The summed E-state index contributed by atoms with van der Waals surface area (Å²) in [5.41, 5.74) is 0. The minimum absolute atomic E-state index is 0.0451. The summed E-state index contributed by atoms with van der Waals surface area (Å²) in [6, 6.07) is 0. The van der Waals surface area contributed by atoms with Crippen molar-refractivity contribution in [2.45, 2.75) is 103 Å². The van der Waals surface area contributed by atoms with Crippen molar-refractivity contribution in [3.63, 3.8) is 0 Å². The van der Waals surface area contributed by atoms with E-state index in [1.807, 2.05) is 32.1 Å². The Morgan fingerprint density at radius 1 is 1.14 bits per heavy atom. The highest BCUT2D eigenvalue weighted by molar-refractivity contribution is 5.69. The average molecular weight is 397 g/mol. The molecular formula is C23H40O5. The first kappa shape index (κ1) is 24.9. The van der Waals surface area contributed by atoms with E-state index in [1.54, 1.807) is 6.08 Å². The zero-order valence-electron chi connectivity index (χ0n) is 17.8. The Morgan fingerprint density at radius 2 is 1.89 bits per heavy atom. The number of carbonyl (C=O) groups excluding carboxylic acids is 1. The Hall–Kier alpha value is -1.17. The third kappa shape index (κ3) is 9.85. The maximum absolute atomic E-state index is 11.5. The molecule has 5 atom stereocenters. The molecule has 1 rings (SSSR count). The maximum atomic E-state index is 11.5. The van der Waals surface area contributed by atoms with E-state index in [9.17, 15) is 20.1 Å². The molecule has 5 heteroatoms. The molecular weight excluding hydrogens is 356 g/mol.